The highest BCUT2D eigenvalue weighted by atomic mass is 35.5. The number of anilines is 1. The van der Waals surface area contributed by atoms with Crippen LogP contribution in [0.25, 0.3) is 0 Å². The summed E-state index contributed by atoms with van der Waals surface area (Å²) >= 11 is 7.20. The van der Waals surface area contributed by atoms with E-state index in [9.17, 15) is 9.59 Å². The zero-order valence-electron chi connectivity index (χ0n) is 14.0. The molecule has 0 unspecified atom stereocenters. The summed E-state index contributed by atoms with van der Waals surface area (Å²) in [5.74, 6) is -0.0462. The van der Waals surface area contributed by atoms with Crippen molar-refractivity contribution in [3.63, 3.8) is 0 Å². The van der Waals surface area contributed by atoms with E-state index in [1.165, 1.54) is 16.0 Å². The van der Waals surface area contributed by atoms with Crippen LogP contribution in [-0.4, -0.2) is 28.1 Å². The number of carbonyl (C=O) groups excluding carboxylic acids is 2. The van der Waals surface area contributed by atoms with Crippen molar-refractivity contribution in [2.24, 2.45) is 7.05 Å². The van der Waals surface area contributed by atoms with E-state index in [0.29, 0.717) is 28.7 Å². The molecule has 3 aromatic rings. The lowest BCUT2D eigenvalue weighted by Crippen LogP contribution is -2.26. The average molecular weight is 389 g/mol. The minimum atomic E-state index is -0.286. The van der Waals surface area contributed by atoms with Gasteiger partial charge in [-0.05, 0) is 35.6 Å². The molecule has 0 saturated carbocycles. The minimum absolute atomic E-state index is 0.224. The number of hydrogen-bond donors (Lipinski definition) is 2. The second kappa shape index (κ2) is 8.16. The topological polar surface area (TPSA) is 76.0 Å². The number of aryl methyl sites for hydroxylation is 1. The molecule has 0 saturated heterocycles. The molecule has 0 aliphatic heterocycles. The number of thiophene rings is 1. The first-order valence-corrected chi connectivity index (χ1v) is 9.20. The Morgan fingerprint density at radius 2 is 1.96 bits per heavy atom. The lowest BCUT2D eigenvalue weighted by molar-refractivity contribution is 0.0947. The van der Waals surface area contributed by atoms with Crippen molar-refractivity contribution in [1.29, 1.82) is 0 Å². The molecule has 1 aromatic carbocycles. The van der Waals surface area contributed by atoms with Gasteiger partial charge in [0.25, 0.3) is 11.8 Å². The Bertz CT molecular complexity index is 904. The first-order valence-electron chi connectivity index (χ1n) is 7.94. The Morgan fingerprint density at radius 3 is 2.65 bits per heavy atom. The molecule has 2 aromatic heterocycles. The molecule has 26 heavy (non-hydrogen) atoms. The maximum atomic E-state index is 12.3. The third kappa shape index (κ3) is 4.50. The van der Waals surface area contributed by atoms with Gasteiger partial charge in [-0.3, -0.25) is 14.3 Å². The fourth-order valence-corrected chi connectivity index (χ4v) is 3.09. The Kier molecular flexibility index (Phi) is 5.70. The van der Waals surface area contributed by atoms with Crippen molar-refractivity contribution in [3.8, 4) is 0 Å². The minimum Gasteiger partial charge on any atom is -0.350 e. The Morgan fingerprint density at radius 1 is 1.19 bits per heavy atom. The number of rotatable bonds is 6. The van der Waals surface area contributed by atoms with Gasteiger partial charge in [0.15, 0.2) is 5.69 Å². The van der Waals surface area contributed by atoms with E-state index in [1.807, 2.05) is 35.7 Å². The highest BCUT2D eigenvalue weighted by Crippen LogP contribution is 2.14. The van der Waals surface area contributed by atoms with E-state index in [0.717, 1.165) is 5.56 Å². The van der Waals surface area contributed by atoms with E-state index in [2.05, 4.69) is 15.7 Å². The van der Waals surface area contributed by atoms with Crippen LogP contribution in [0.1, 0.15) is 25.7 Å². The van der Waals surface area contributed by atoms with Crippen molar-refractivity contribution >= 4 is 40.6 Å². The molecular formula is C18H17ClN4O2S. The Balaban J connectivity index is 1.56. The van der Waals surface area contributed by atoms with Gasteiger partial charge in [0.05, 0.1) is 4.88 Å². The van der Waals surface area contributed by atoms with Crippen molar-refractivity contribution in [2.45, 2.75) is 6.42 Å². The molecule has 0 fully saturated rings. The molecular weight excluding hydrogens is 372 g/mol. The fraction of sp³-hybridized carbons (Fsp3) is 0.167. The summed E-state index contributed by atoms with van der Waals surface area (Å²) < 4.78 is 1.47. The molecule has 0 atom stereocenters. The first kappa shape index (κ1) is 18.2. The SMILES string of the molecule is Cn1nc(C(=O)NCCc2ccc(Cl)cc2)cc1NC(=O)c1cccs1. The molecule has 0 aliphatic carbocycles. The molecule has 134 valence electrons. The molecule has 6 nitrogen and oxygen atoms in total. The van der Waals surface area contributed by atoms with Crippen LogP contribution in [0, 0.1) is 0 Å². The van der Waals surface area contributed by atoms with Gasteiger partial charge in [0.1, 0.15) is 5.82 Å². The summed E-state index contributed by atoms with van der Waals surface area (Å²) in [6.07, 6.45) is 0.692. The highest BCUT2D eigenvalue weighted by molar-refractivity contribution is 7.12. The van der Waals surface area contributed by atoms with Gasteiger partial charge in [-0.25, -0.2) is 0 Å². The van der Waals surface area contributed by atoms with Crippen LogP contribution >= 0.6 is 22.9 Å². The van der Waals surface area contributed by atoms with Gasteiger partial charge in [-0.1, -0.05) is 29.8 Å². The monoisotopic (exact) mass is 388 g/mol. The lowest BCUT2D eigenvalue weighted by atomic mass is 10.1. The van der Waals surface area contributed by atoms with Crippen molar-refractivity contribution in [2.75, 3.05) is 11.9 Å². The van der Waals surface area contributed by atoms with Crippen LogP contribution in [0.2, 0.25) is 5.02 Å². The van der Waals surface area contributed by atoms with Crippen LogP contribution in [0.15, 0.2) is 47.8 Å². The van der Waals surface area contributed by atoms with Gasteiger partial charge >= 0.3 is 0 Å². The highest BCUT2D eigenvalue weighted by Gasteiger charge is 2.15. The molecule has 8 heteroatoms. The quantitative estimate of drug-likeness (QED) is 0.679. The molecule has 0 spiro atoms. The maximum Gasteiger partial charge on any atom is 0.271 e. The largest absolute Gasteiger partial charge is 0.350 e. The van der Waals surface area contributed by atoms with Gasteiger partial charge < -0.3 is 10.6 Å². The normalized spacial score (nSPS) is 10.5. The zero-order valence-corrected chi connectivity index (χ0v) is 15.6. The predicted molar refractivity (Wildman–Crippen MR) is 103 cm³/mol. The summed E-state index contributed by atoms with van der Waals surface area (Å²) in [5, 5.41) is 12.3. The molecule has 2 heterocycles. The van der Waals surface area contributed by atoms with E-state index in [-0.39, 0.29) is 17.5 Å². The first-order chi connectivity index (χ1) is 12.5. The van der Waals surface area contributed by atoms with Crippen LogP contribution in [0.4, 0.5) is 5.82 Å². The predicted octanol–water partition coefficient (Wildman–Crippen LogP) is 3.36. The Labute approximate surface area is 159 Å². The fourth-order valence-electron chi connectivity index (χ4n) is 2.34. The van der Waals surface area contributed by atoms with Crippen LogP contribution in [0.5, 0.6) is 0 Å². The van der Waals surface area contributed by atoms with E-state index in [1.54, 1.807) is 19.2 Å². The third-order valence-corrected chi connectivity index (χ3v) is 4.83. The number of halogens is 1. The molecule has 0 radical (unpaired) electrons. The summed E-state index contributed by atoms with van der Waals surface area (Å²) in [7, 11) is 1.68. The molecule has 2 N–H and O–H groups in total. The second-order valence-corrected chi connectivity index (χ2v) is 6.99. The lowest BCUT2D eigenvalue weighted by Gasteiger charge is -2.03. The van der Waals surface area contributed by atoms with Crippen LogP contribution in [0.3, 0.4) is 0 Å². The number of nitrogens with one attached hydrogen (secondary N) is 2. The number of amides is 2. The number of benzene rings is 1. The molecule has 0 bridgehead atoms. The van der Waals surface area contributed by atoms with Crippen molar-refractivity contribution in [3.05, 3.63) is 69.0 Å². The number of aromatic nitrogens is 2. The van der Waals surface area contributed by atoms with Gasteiger partial charge in [-0.2, -0.15) is 5.10 Å². The number of hydrogen-bond acceptors (Lipinski definition) is 4. The zero-order chi connectivity index (χ0) is 18.5. The van der Waals surface area contributed by atoms with Gasteiger partial charge in [0, 0.05) is 24.7 Å². The van der Waals surface area contributed by atoms with Crippen LogP contribution < -0.4 is 10.6 Å². The smallest absolute Gasteiger partial charge is 0.271 e. The third-order valence-electron chi connectivity index (χ3n) is 3.71. The van der Waals surface area contributed by atoms with Crippen molar-refractivity contribution < 1.29 is 9.59 Å². The van der Waals surface area contributed by atoms with Gasteiger partial charge in [0.2, 0.25) is 0 Å². The maximum absolute atomic E-state index is 12.3. The standard InChI is InChI=1S/C18H17ClN4O2S/c1-23-16(21-18(25)15-3-2-10-26-15)11-14(22-23)17(24)20-9-8-12-4-6-13(19)7-5-12/h2-7,10-11H,8-9H2,1H3,(H,20,24)(H,21,25). The second-order valence-electron chi connectivity index (χ2n) is 5.60. The summed E-state index contributed by atoms with van der Waals surface area (Å²) in [6, 6.07) is 12.6. The van der Waals surface area contributed by atoms with E-state index < -0.39 is 0 Å². The summed E-state index contributed by atoms with van der Waals surface area (Å²) in [5.41, 5.74) is 1.34. The van der Waals surface area contributed by atoms with Crippen LogP contribution in [-0.2, 0) is 13.5 Å². The number of carbonyl (C=O) groups is 2. The summed E-state index contributed by atoms with van der Waals surface area (Å²) in [6.45, 7) is 0.480. The van der Waals surface area contributed by atoms with Gasteiger partial charge in [-0.15, -0.1) is 11.3 Å². The van der Waals surface area contributed by atoms with E-state index >= 15 is 0 Å². The molecule has 3 rings (SSSR count). The molecule has 2 amide bonds. The summed E-state index contributed by atoms with van der Waals surface area (Å²) in [4.78, 5) is 25.0. The molecule has 0 aliphatic rings. The average Bonchev–Trinajstić information content (AvgIpc) is 3.27. The van der Waals surface area contributed by atoms with Crippen molar-refractivity contribution in [1.82, 2.24) is 15.1 Å². The number of nitrogens with zero attached hydrogens (tertiary/aromatic N) is 2. The Hall–Kier alpha value is -2.64. The van der Waals surface area contributed by atoms with E-state index in [4.69, 9.17) is 11.6 Å².